The molecule has 2 heterocycles. The highest BCUT2D eigenvalue weighted by molar-refractivity contribution is 8.45. The van der Waals surface area contributed by atoms with E-state index < -0.39 is 27.1 Å². The van der Waals surface area contributed by atoms with Gasteiger partial charge in [0.05, 0.1) is 23.4 Å². The van der Waals surface area contributed by atoms with Crippen LogP contribution in [0.3, 0.4) is 0 Å². The molecule has 1 amide bonds. The Bertz CT molecular complexity index is 1150. The lowest BCUT2D eigenvalue weighted by Gasteiger charge is -2.40. The van der Waals surface area contributed by atoms with Gasteiger partial charge in [-0.05, 0) is 43.3 Å². The second kappa shape index (κ2) is 7.45. The molecule has 0 aliphatic heterocycles. The van der Waals surface area contributed by atoms with E-state index in [1.165, 1.54) is 16.9 Å². The van der Waals surface area contributed by atoms with Gasteiger partial charge in [-0.2, -0.15) is 5.10 Å². The number of nitrogens with zero attached hydrogens (tertiary/aromatic N) is 3. The number of aryl methyl sites for hydroxylation is 1. The zero-order valence-corrected chi connectivity index (χ0v) is 17.6. The molecule has 3 rings (SSSR count). The maximum absolute atomic E-state index is 12.9. The molecule has 174 valence electrons. The van der Waals surface area contributed by atoms with E-state index in [9.17, 15) is 24.2 Å². The lowest BCUT2D eigenvalue weighted by Crippen LogP contribution is -2.35. The third-order valence-electron chi connectivity index (χ3n) is 4.24. The van der Waals surface area contributed by atoms with E-state index in [0.29, 0.717) is 5.69 Å². The minimum atomic E-state index is -9.80. The van der Waals surface area contributed by atoms with Crippen molar-refractivity contribution in [1.29, 1.82) is 0 Å². The van der Waals surface area contributed by atoms with Gasteiger partial charge in [0.15, 0.2) is 0 Å². The molecule has 2 aromatic heterocycles. The molecule has 0 unspecified atom stereocenters. The summed E-state index contributed by atoms with van der Waals surface area (Å²) in [6.45, 7) is 1.32. The van der Waals surface area contributed by atoms with Crippen LogP contribution in [0.2, 0.25) is 0 Å². The number of benzene rings is 1. The first-order valence-electron chi connectivity index (χ1n) is 9.10. The van der Waals surface area contributed by atoms with Crippen molar-refractivity contribution in [2.24, 2.45) is 7.05 Å². The number of hydrogen-bond donors (Lipinski definition) is 2. The predicted octanol–water partition coefficient (Wildman–Crippen LogP) is 5.04. The molecule has 7 nitrogen and oxygen atoms in total. The van der Waals surface area contributed by atoms with E-state index in [1.807, 2.05) is 0 Å². The number of ether oxygens (including phenoxy) is 1. The highest BCUT2D eigenvalue weighted by Gasteiger charge is 2.65. The first-order valence-corrected chi connectivity index (χ1v) is 11.1. The second-order valence-electron chi connectivity index (χ2n) is 7.05. The van der Waals surface area contributed by atoms with Crippen LogP contribution in [0.4, 0.5) is 19.4 Å². The van der Waals surface area contributed by atoms with Gasteiger partial charge in [-0.15, -0.1) is 0 Å². The maximum atomic E-state index is 12.9. The molecule has 2 N–H and O–H groups in total. The number of carbonyl (C=O) groups is 1. The molecule has 0 radical (unpaired) electrons. The summed E-state index contributed by atoms with van der Waals surface area (Å²) >= 11 is 0. The Labute approximate surface area is 179 Å². The van der Waals surface area contributed by atoms with Crippen molar-refractivity contribution in [3.8, 4) is 22.9 Å². The molecule has 1 atom stereocenters. The van der Waals surface area contributed by atoms with Gasteiger partial charge in [-0.25, -0.2) is 4.98 Å². The summed E-state index contributed by atoms with van der Waals surface area (Å²) in [7, 11) is -8.15. The van der Waals surface area contributed by atoms with E-state index in [0.717, 1.165) is 12.1 Å². The minimum absolute atomic E-state index is 0.101. The minimum Gasteiger partial charge on any atom is -0.438 e. The van der Waals surface area contributed by atoms with Crippen molar-refractivity contribution < 1.29 is 34.1 Å². The molecule has 0 bridgehead atoms. The summed E-state index contributed by atoms with van der Waals surface area (Å²) in [4.78, 5) is 14.4. The monoisotopic (exact) mass is 478 g/mol. The number of hydrogen-bond acceptors (Lipinski definition) is 5. The van der Waals surface area contributed by atoms with Crippen LogP contribution in [0.5, 0.6) is 11.6 Å². The third-order valence-corrected chi connectivity index (χ3v) is 5.40. The fraction of sp³-hybridized carbons (Fsp3) is 0.211. The number of rotatable bonds is 7. The smallest absolute Gasteiger partial charge is 0.310 e. The fourth-order valence-electron chi connectivity index (χ4n) is 2.63. The molecule has 3 aromatic rings. The fourth-order valence-corrected chi connectivity index (χ4v) is 3.28. The van der Waals surface area contributed by atoms with Gasteiger partial charge in [0, 0.05) is 25.5 Å². The van der Waals surface area contributed by atoms with Crippen molar-refractivity contribution >= 4 is 16.1 Å². The molecule has 13 heteroatoms. The highest BCUT2D eigenvalue weighted by atomic mass is 32.5. The summed E-state index contributed by atoms with van der Waals surface area (Å²) in [5.41, 5.74) is 0.713. The molecule has 0 spiro atoms. The van der Waals surface area contributed by atoms with E-state index in [4.69, 9.17) is 9.84 Å². The van der Waals surface area contributed by atoms with E-state index >= 15 is 0 Å². The number of amides is 1. The number of aliphatic hydroxyl groups is 1. The number of carbonyl (C=O) groups excluding carboxylic acids is 1. The maximum Gasteiger partial charge on any atom is 0.310 e. The Balaban J connectivity index is 1.96. The van der Waals surface area contributed by atoms with Crippen LogP contribution < -0.4 is 10.1 Å². The summed E-state index contributed by atoms with van der Waals surface area (Å²) in [5.74, 6) is -0.801. The van der Waals surface area contributed by atoms with Crippen LogP contribution in [-0.4, -0.2) is 38.4 Å². The van der Waals surface area contributed by atoms with Gasteiger partial charge in [0.25, 0.3) is 5.91 Å². The Morgan fingerprint density at radius 3 is 2.38 bits per heavy atom. The van der Waals surface area contributed by atoms with Crippen LogP contribution in [0, 0.1) is 0 Å². The zero-order chi connectivity index (χ0) is 23.8. The van der Waals surface area contributed by atoms with Crippen LogP contribution in [-0.2, 0) is 7.05 Å². The number of halogens is 5. The summed E-state index contributed by atoms with van der Waals surface area (Å²) in [6, 6.07) is 4.46. The molecular weight excluding hydrogens is 459 g/mol. The Hall–Kier alpha value is -3.19. The molecule has 0 saturated heterocycles. The third kappa shape index (κ3) is 5.53. The standard InChI is InChI=1S/C19H19F5N4O3S/c1-12(11-29)26-18(30)13-9-16(17-7-8-28(2)27-17)19(25-10-13)31-14-3-5-15(6-4-14)32(20,21,22,23)24/h3-10,12,29H,11H2,1-2H3,(H,26,30)/t12-/m1/s1. The summed E-state index contributed by atoms with van der Waals surface area (Å²) < 4.78 is 71.6. The second-order valence-corrected chi connectivity index (χ2v) is 9.46. The molecule has 32 heavy (non-hydrogen) atoms. The highest BCUT2D eigenvalue weighted by Crippen LogP contribution is 3.02. The summed E-state index contributed by atoms with van der Waals surface area (Å²) in [5, 5.41) is 15.9. The van der Waals surface area contributed by atoms with Gasteiger partial charge in [-0.1, -0.05) is 19.4 Å². The van der Waals surface area contributed by atoms with E-state index in [-0.39, 0.29) is 41.5 Å². The average Bonchev–Trinajstić information content (AvgIpc) is 3.13. The average molecular weight is 478 g/mol. The normalized spacial score (nSPS) is 14.9. The molecule has 1 aromatic carbocycles. The number of pyridine rings is 1. The van der Waals surface area contributed by atoms with Gasteiger partial charge in [0.2, 0.25) is 5.88 Å². The van der Waals surface area contributed by atoms with Crippen LogP contribution in [0.25, 0.3) is 11.3 Å². The summed E-state index contributed by atoms with van der Waals surface area (Å²) in [6.07, 6.45) is 2.79. The molecule has 0 fully saturated rings. The molecular formula is C19H19F5N4O3S. The van der Waals surface area contributed by atoms with Gasteiger partial charge in [-0.3, -0.25) is 9.48 Å². The lowest BCUT2D eigenvalue weighted by molar-refractivity contribution is 0.0922. The van der Waals surface area contributed by atoms with Crippen molar-refractivity contribution in [3.05, 3.63) is 54.4 Å². The van der Waals surface area contributed by atoms with E-state index in [1.54, 1.807) is 26.2 Å². The Kier molecular flexibility index (Phi) is 5.46. The van der Waals surface area contributed by atoms with Crippen molar-refractivity contribution in [3.63, 3.8) is 0 Å². The quantitative estimate of drug-likeness (QED) is 0.465. The van der Waals surface area contributed by atoms with Crippen LogP contribution in [0.1, 0.15) is 17.3 Å². The SMILES string of the molecule is C[C@H](CO)NC(=O)c1cnc(Oc2ccc(S(F)(F)(F)(F)F)cc2)c(-c2ccn(C)n2)c1. The van der Waals surface area contributed by atoms with Gasteiger partial charge < -0.3 is 15.2 Å². The molecule has 0 aliphatic carbocycles. The van der Waals surface area contributed by atoms with Crippen molar-refractivity contribution in [2.75, 3.05) is 6.61 Å². The Morgan fingerprint density at radius 2 is 1.84 bits per heavy atom. The van der Waals surface area contributed by atoms with Crippen LogP contribution in [0.15, 0.2) is 53.7 Å². The number of aliphatic hydroxyl groups excluding tert-OH is 1. The lowest BCUT2D eigenvalue weighted by atomic mass is 10.1. The number of nitrogens with one attached hydrogen (secondary N) is 1. The first kappa shape index (κ1) is 23.5. The topological polar surface area (TPSA) is 89.3 Å². The van der Waals surface area contributed by atoms with Gasteiger partial charge in [0.1, 0.15) is 10.6 Å². The number of aromatic nitrogens is 3. The van der Waals surface area contributed by atoms with Crippen LogP contribution >= 0.6 is 10.2 Å². The van der Waals surface area contributed by atoms with Crippen molar-refractivity contribution in [2.45, 2.75) is 17.9 Å². The molecule has 0 saturated carbocycles. The van der Waals surface area contributed by atoms with Crippen molar-refractivity contribution in [1.82, 2.24) is 20.1 Å². The largest absolute Gasteiger partial charge is 0.438 e. The van der Waals surface area contributed by atoms with E-state index in [2.05, 4.69) is 15.4 Å². The zero-order valence-electron chi connectivity index (χ0n) is 16.8. The molecule has 0 aliphatic rings. The Morgan fingerprint density at radius 1 is 1.19 bits per heavy atom. The first-order chi connectivity index (χ1) is 14.7. The predicted molar refractivity (Wildman–Crippen MR) is 108 cm³/mol. The van der Waals surface area contributed by atoms with Gasteiger partial charge >= 0.3 is 10.2 Å².